The molecular formula is C13H17N3S. The minimum atomic E-state index is 0.473. The molecular weight excluding hydrogens is 230 g/mol. The number of anilines is 1. The first kappa shape index (κ1) is 12.3. The maximum Gasteiger partial charge on any atom is 0.140 e. The zero-order valence-corrected chi connectivity index (χ0v) is 10.8. The van der Waals surface area contributed by atoms with E-state index >= 15 is 0 Å². The van der Waals surface area contributed by atoms with E-state index in [-0.39, 0.29) is 0 Å². The van der Waals surface area contributed by atoms with Gasteiger partial charge in [-0.1, -0.05) is 6.42 Å². The second-order valence-corrected chi connectivity index (χ2v) is 5.55. The maximum atomic E-state index is 8.68. The van der Waals surface area contributed by atoms with Crippen molar-refractivity contribution in [3.63, 3.8) is 0 Å². The van der Waals surface area contributed by atoms with Crippen molar-refractivity contribution in [3.05, 3.63) is 24.0 Å². The Morgan fingerprint density at radius 2 is 2.35 bits per heavy atom. The fourth-order valence-electron chi connectivity index (χ4n) is 2.27. The van der Waals surface area contributed by atoms with Gasteiger partial charge in [-0.05, 0) is 37.7 Å². The number of hydrogen-bond acceptors (Lipinski definition) is 4. The zero-order valence-electron chi connectivity index (χ0n) is 10.0. The molecule has 1 aromatic rings. The van der Waals surface area contributed by atoms with Crippen molar-refractivity contribution in [2.24, 2.45) is 0 Å². The predicted molar refractivity (Wildman–Crippen MR) is 72.1 cm³/mol. The van der Waals surface area contributed by atoms with Gasteiger partial charge in [-0.3, -0.25) is 0 Å². The first-order valence-corrected chi connectivity index (χ1v) is 7.26. The molecule has 2 unspecified atom stereocenters. The van der Waals surface area contributed by atoms with Crippen LogP contribution in [0.5, 0.6) is 0 Å². The Hall–Kier alpha value is -1.21. The Morgan fingerprint density at radius 1 is 1.47 bits per heavy atom. The molecule has 0 spiro atoms. The molecule has 0 amide bonds. The number of nitrogens with one attached hydrogen (secondary N) is 1. The van der Waals surface area contributed by atoms with Gasteiger partial charge in [-0.15, -0.1) is 0 Å². The van der Waals surface area contributed by atoms with Crippen LogP contribution in [0, 0.1) is 11.3 Å². The average Bonchev–Trinajstić information content (AvgIpc) is 2.40. The summed E-state index contributed by atoms with van der Waals surface area (Å²) in [6.07, 6.45) is 9.04. The third-order valence-electron chi connectivity index (χ3n) is 3.21. The molecule has 4 heteroatoms. The average molecular weight is 247 g/mol. The largest absolute Gasteiger partial charge is 0.381 e. The van der Waals surface area contributed by atoms with Crippen LogP contribution >= 0.6 is 11.8 Å². The normalized spacial score (nSPS) is 24.0. The summed E-state index contributed by atoms with van der Waals surface area (Å²) in [6.45, 7) is 0. The summed E-state index contributed by atoms with van der Waals surface area (Å²) in [5, 5.41) is 13.0. The number of rotatable bonds is 3. The second-order valence-electron chi connectivity index (χ2n) is 4.41. The van der Waals surface area contributed by atoms with Crippen molar-refractivity contribution in [3.8, 4) is 6.07 Å². The fourth-order valence-corrected chi connectivity index (χ4v) is 3.10. The predicted octanol–water partition coefficient (Wildman–Crippen LogP) is 3.04. The summed E-state index contributed by atoms with van der Waals surface area (Å²) in [5.41, 5.74) is 1.50. The highest BCUT2D eigenvalue weighted by Crippen LogP contribution is 2.28. The SMILES string of the molecule is CSC1CCCC(Nc2ccc(C#N)nc2)C1. The highest BCUT2D eigenvalue weighted by atomic mass is 32.2. The van der Waals surface area contributed by atoms with Gasteiger partial charge >= 0.3 is 0 Å². The molecule has 1 N–H and O–H groups in total. The lowest BCUT2D eigenvalue weighted by Crippen LogP contribution is -2.28. The molecule has 3 nitrogen and oxygen atoms in total. The topological polar surface area (TPSA) is 48.7 Å². The molecule has 0 aromatic carbocycles. The highest BCUT2D eigenvalue weighted by Gasteiger charge is 2.20. The standard InChI is InChI=1S/C13H17N3S/c1-17-13-4-2-3-10(7-13)16-12-6-5-11(8-14)15-9-12/h5-6,9-10,13,16H,2-4,7H2,1H3. The van der Waals surface area contributed by atoms with Gasteiger partial charge in [0.2, 0.25) is 0 Å². The Morgan fingerprint density at radius 3 is 3.00 bits per heavy atom. The van der Waals surface area contributed by atoms with E-state index in [9.17, 15) is 0 Å². The number of thioether (sulfide) groups is 1. The Balaban J connectivity index is 1.93. The number of pyridine rings is 1. The van der Waals surface area contributed by atoms with Crippen molar-refractivity contribution in [2.75, 3.05) is 11.6 Å². The first-order valence-electron chi connectivity index (χ1n) is 5.97. The minimum Gasteiger partial charge on any atom is -0.381 e. The van der Waals surface area contributed by atoms with Crippen molar-refractivity contribution in [1.82, 2.24) is 4.98 Å². The Kier molecular flexibility index (Phi) is 4.27. The zero-order chi connectivity index (χ0) is 12.1. The molecule has 17 heavy (non-hydrogen) atoms. The smallest absolute Gasteiger partial charge is 0.140 e. The molecule has 0 radical (unpaired) electrons. The molecule has 0 aliphatic heterocycles. The van der Waals surface area contributed by atoms with Crippen molar-refractivity contribution >= 4 is 17.4 Å². The van der Waals surface area contributed by atoms with Crippen LogP contribution in [0.15, 0.2) is 18.3 Å². The van der Waals surface area contributed by atoms with Crippen LogP contribution in [-0.2, 0) is 0 Å². The van der Waals surface area contributed by atoms with Crippen molar-refractivity contribution in [2.45, 2.75) is 37.0 Å². The lowest BCUT2D eigenvalue weighted by Gasteiger charge is -2.29. The van der Waals surface area contributed by atoms with Gasteiger partial charge in [0.05, 0.1) is 11.9 Å². The summed E-state index contributed by atoms with van der Waals surface area (Å²) in [4.78, 5) is 4.07. The summed E-state index contributed by atoms with van der Waals surface area (Å²) < 4.78 is 0. The van der Waals surface area contributed by atoms with E-state index in [1.807, 2.05) is 23.9 Å². The second kappa shape index (κ2) is 5.92. The van der Waals surface area contributed by atoms with Crippen molar-refractivity contribution < 1.29 is 0 Å². The van der Waals surface area contributed by atoms with Crippen LogP contribution in [0.1, 0.15) is 31.4 Å². The number of nitriles is 1. The molecule has 1 aliphatic rings. The third kappa shape index (κ3) is 3.37. The van der Waals surface area contributed by atoms with E-state index in [1.165, 1.54) is 25.7 Å². The lowest BCUT2D eigenvalue weighted by molar-refractivity contribution is 0.473. The fraction of sp³-hybridized carbons (Fsp3) is 0.538. The highest BCUT2D eigenvalue weighted by molar-refractivity contribution is 7.99. The molecule has 2 atom stereocenters. The van der Waals surface area contributed by atoms with E-state index in [1.54, 1.807) is 12.3 Å². The molecule has 90 valence electrons. The van der Waals surface area contributed by atoms with E-state index in [0.717, 1.165) is 10.9 Å². The van der Waals surface area contributed by atoms with Crippen LogP contribution in [0.25, 0.3) is 0 Å². The van der Waals surface area contributed by atoms with E-state index in [2.05, 4.69) is 16.6 Å². The van der Waals surface area contributed by atoms with Crippen LogP contribution in [0.4, 0.5) is 5.69 Å². The van der Waals surface area contributed by atoms with Gasteiger partial charge in [0, 0.05) is 11.3 Å². The minimum absolute atomic E-state index is 0.473. The summed E-state index contributed by atoms with van der Waals surface area (Å²) in [7, 11) is 0. The van der Waals surface area contributed by atoms with Gasteiger partial charge in [0.1, 0.15) is 11.8 Å². The molecule has 0 bridgehead atoms. The molecule has 1 heterocycles. The molecule has 1 aromatic heterocycles. The van der Waals surface area contributed by atoms with E-state index in [4.69, 9.17) is 5.26 Å². The first-order chi connectivity index (χ1) is 8.31. The van der Waals surface area contributed by atoms with Crippen LogP contribution in [0.3, 0.4) is 0 Å². The number of nitrogens with zero attached hydrogens (tertiary/aromatic N) is 2. The Labute approximate surface area is 107 Å². The van der Waals surface area contributed by atoms with Crippen molar-refractivity contribution in [1.29, 1.82) is 5.26 Å². The van der Waals surface area contributed by atoms with E-state index in [0.29, 0.717) is 11.7 Å². The molecule has 1 aliphatic carbocycles. The monoisotopic (exact) mass is 247 g/mol. The van der Waals surface area contributed by atoms with E-state index < -0.39 is 0 Å². The van der Waals surface area contributed by atoms with Gasteiger partial charge in [0.15, 0.2) is 0 Å². The summed E-state index contributed by atoms with van der Waals surface area (Å²) >= 11 is 1.97. The molecule has 0 saturated heterocycles. The lowest BCUT2D eigenvalue weighted by atomic mass is 9.95. The van der Waals surface area contributed by atoms with Gasteiger partial charge in [-0.25, -0.2) is 4.98 Å². The van der Waals surface area contributed by atoms with Gasteiger partial charge < -0.3 is 5.32 Å². The third-order valence-corrected chi connectivity index (χ3v) is 4.30. The molecule has 2 rings (SSSR count). The Bertz CT molecular complexity index is 396. The van der Waals surface area contributed by atoms with Crippen LogP contribution < -0.4 is 5.32 Å². The summed E-state index contributed by atoms with van der Waals surface area (Å²) in [6, 6.07) is 6.28. The van der Waals surface area contributed by atoms with Gasteiger partial charge in [0.25, 0.3) is 0 Å². The quantitative estimate of drug-likeness (QED) is 0.892. The van der Waals surface area contributed by atoms with Crippen LogP contribution in [-0.4, -0.2) is 22.5 Å². The van der Waals surface area contributed by atoms with Crippen LogP contribution in [0.2, 0.25) is 0 Å². The summed E-state index contributed by atoms with van der Waals surface area (Å²) in [5.74, 6) is 0. The molecule has 1 fully saturated rings. The number of aromatic nitrogens is 1. The number of hydrogen-bond donors (Lipinski definition) is 1. The molecule has 1 saturated carbocycles. The van der Waals surface area contributed by atoms with Gasteiger partial charge in [-0.2, -0.15) is 17.0 Å². The maximum absolute atomic E-state index is 8.68.